The summed E-state index contributed by atoms with van der Waals surface area (Å²) in [6, 6.07) is 5.06. The number of pyridine rings is 1. The number of fused-ring (bicyclic) bond motifs is 4. The molecule has 0 saturated carbocycles. The lowest BCUT2D eigenvalue weighted by atomic mass is 9.83. The fraction of sp³-hybridized carbons (Fsp3) is 0.562. The van der Waals surface area contributed by atoms with E-state index < -0.39 is 5.97 Å². The van der Waals surface area contributed by atoms with Crippen LogP contribution in [0.3, 0.4) is 0 Å². The topological polar surface area (TPSA) is 80.6 Å². The number of nitrogens with zero attached hydrogens (tertiary/aromatic N) is 2. The molecule has 1 saturated heterocycles. The summed E-state index contributed by atoms with van der Waals surface area (Å²) in [5.41, 5.74) is 1.02. The van der Waals surface area contributed by atoms with Crippen LogP contribution in [0.25, 0.3) is 0 Å². The van der Waals surface area contributed by atoms with E-state index in [0.29, 0.717) is 26.2 Å². The van der Waals surface area contributed by atoms with Crippen LogP contribution < -0.4 is 10.9 Å². The molecule has 7 nitrogen and oxygen atoms in total. The smallest absolute Gasteiger partial charge is 0.325 e. The first-order valence-electron chi connectivity index (χ1n) is 7.96. The van der Waals surface area contributed by atoms with Gasteiger partial charge in [-0.1, -0.05) is 6.07 Å². The highest BCUT2D eigenvalue weighted by molar-refractivity contribution is 5.81. The molecule has 23 heavy (non-hydrogen) atoms. The molecule has 0 unspecified atom stereocenters. The number of rotatable bonds is 3. The van der Waals surface area contributed by atoms with Crippen molar-refractivity contribution in [2.24, 2.45) is 5.92 Å². The van der Waals surface area contributed by atoms with E-state index in [-0.39, 0.29) is 30.0 Å². The van der Waals surface area contributed by atoms with Crippen LogP contribution >= 0.6 is 0 Å². The van der Waals surface area contributed by atoms with Gasteiger partial charge >= 0.3 is 12.0 Å². The van der Waals surface area contributed by atoms with Gasteiger partial charge in [0.25, 0.3) is 5.56 Å². The molecule has 2 aliphatic rings. The van der Waals surface area contributed by atoms with Crippen molar-refractivity contribution in [1.82, 2.24) is 14.8 Å². The number of esters is 1. The maximum atomic E-state index is 12.3. The fourth-order valence-corrected chi connectivity index (χ4v) is 3.53. The first-order chi connectivity index (χ1) is 11.1. The maximum Gasteiger partial charge on any atom is 0.325 e. The van der Waals surface area contributed by atoms with Gasteiger partial charge in [0.1, 0.15) is 6.54 Å². The van der Waals surface area contributed by atoms with Crippen molar-refractivity contribution < 1.29 is 14.3 Å². The third-order valence-electron chi connectivity index (χ3n) is 4.46. The minimum atomic E-state index is -0.435. The molecule has 2 atom stereocenters. The Hall–Kier alpha value is -2.31. The van der Waals surface area contributed by atoms with Crippen molar-refractivity contribution in [2.75, 3.05) is 26.2 Å². The van der Waals surface area contributed by atoms with Crippen molar-refractivity contribution in [3.63, 3.8) is 0 Å². The minimum absolute atomic E-state index is 0.0254. The molecule has 2 aliphatic heterocycles. The molecule has 0 radical (unpaired) electrons. The second-order valence-electron chi connectivity index (χ2n) is 6.07. The van der Waals surface area contributed by atoms with E-state index in [9.17, 15) is 14.4 Å². The summed E-state index contributed by atoms with van der Waals surface area (Å²) in [6.45, 7) is 3.72. The highest BCUT2D eigenvalue weighted by atomic mass is 16.5. The van der Waals surface area contributed by atoms with Crippen LogP contribution in [0.1, 0.15) is 25.0 Å². The van der Waals surface area contributed by atoms with E-state index in [1.807, 2.05) is 10.6 Å². The number of piperidine rings is 1. The van der Waals surface area contributed by atoms with E-state index in [2.05, 4.69) is 5.32 Å². The standard InChI is InChI=1S/C16H21N3O4/c1-2-23-15(21)7-17-16(22)18-8-11-6-12(10-18)13-4-3-5-14(20)19(13)9-11/h3-5,11-12H,2,6-10H2,1H3,(H,17,22)/t11-,12-/m0/s1. The van der Waals surface area contributed by atoms with Crippen LogP contribution in [-0.4, -0.2) is 47.7 Å². The molecule has 2 bridgehead atoms. The van der Waals surface area contributed by atoms with Crippen molar-refractivity contribution in [1.29, 1.82) is 0 Å². The number of carbonyl (C=O) groups excluding carboxylic acids is 2. The highest BCUT2D eigenvalue weighted by Gasteiger charge is 2.36. The molecule has 1 N–H and O–H groups in total. The number of hydrogen-bond donors (Lipinski definition) is 1. The quantitative estimate of drug-likeness (QED) is 0.825. The molecule has 2 amide bonds. The molecular weight excluding hydrogens is 298 g/mol. The van der Waals surface area contributed by atoms with Gasteiger partial charge < -0.3 is 19.5 Å². The van der Waals surface area contributed by atoms with Gasteiger partial charge in [-0.05, 0) is 25.3 Å². The first kappa shape index (κ1) is 15.6. The zero-order valence-corrected chi connectivity index (χ0v) is 13.2. The summed E-state index contributed by atoms with van der Waals surface area (Å²) in [4.78, 5) is 37.3. The van der Waals surface area contributed by atoms with Gasteiger partial charge in [-0.2, -0.15) is 0 Å². The van der Waals surface area contributed by atoms with Gasteiger partial charge in [-0.3, -0.25) is 9.59 Å². The number of ether oxygens (including phenoxy) is 1. The summed E-state index contributed by atoms with van der Waals surface area (Å²) in [7, 11) is 0. The Kier molecular flexibility index (Phi) is 4.36. The number of nitrogens with one attached hydrogen (secondary N) is 1. The second kappa shape index (κ2) is 6.44. The Bertz CT molecular complexity index is 670. The maximum absolute atomic E-state index is 12.3. The molecular formula is C16H21N3O4. The normalized spacial score (nSPS) is 22.2. The minimum Gasteiger partial charge on any atom is -0.465 e. The third-order valence-corrected chi connectivity index (χ3v) is 4.46. The SMILES string of the molecule is CCOC(=O)CNC(=O)N1C[C@@H]2C[C@@H](C1)c1cccc(=O)n1C2. The molecule has 7 heteroatoms. The second-order valence-corrected chi connectivity index (χ2v) is 6.07. The van der Waals surface area contributed by atoms with E-state index in [1.54, 1.807) is 24.0 Å². The van der Waals surface area contributed by atoms with Crippen molar-refractivity contribution in [3.8, 4) is 0 Å². The Morgan fingerprint density at radius 3 is 2.91 bits per heavy atom. The highest BCUT2D eigenvalue weighted by Crippen LogP contribution is 2.34. The summed E-state index contributed by atoms with van der Waals surface area (Å²) in [6.07, 6.45) is 0.991. The summed E-state index contributed by atoms with van der Waals surface area (Å²) >= 11 is 0. The Morgan fingerprint density at radius 1 is 1.30 bits per heavy atom. The van der Waals surface area contributed by atoms with Crippen LogP contribution in [0.5, 0.6) is 0 Å². The van der Waals surface area contributed by atoms with Gasteiger partial charge in [-0.15, -0.1) is 0 Å². The predicted molar refractivity (Wildman–Crippen MR) is 83.2 cm³/mol. The lowest BCUT2D eigenvalue weighted by molar-refractivity contribution is -0.141. The number of likely N-dealkylation sites (tertiary alicyclic amines) is 1. The monoisotopic (exact) mass is 319 g/mol. The molecule has 1 fully saturated rings. The Labute approximate surface area is 134 Å². The molecule has 0 aromatic carbocycles. The number of hydrogen-bond acceptors (Lipinski definition) is 4. The number of amides is 2. The summed E-state index contributed by atoms with van der Waals surface area (Å²) in [5, 5.41) is 2.61. The van der Waals surface area contributed by atoms with Crippen molar-refractivity contribution in [2.45, 2.75) is 25.8 Å². The van der Waals surface area contributed by atoms with Gasteiger partial charge in [0.15, 0.2) is 0 Å². The summed E-state index contributed by atoms with van der Waals surface area (Å²) in [5.74, 6) is 0.00869. The number of aromatic nitrogens is 1. The van der Waals surface area contributed by atoms with Gasteiger partial charge in [0.05, 0.1) is 6.61 Å². The molecule has 1 aromatic rings. The molecule has 3 heterocycles. The van der Waals surface area contributed by atoms with Gasteiger partial charge in [0.2, 0.25) is 0 Å². The van der Waals surface area contributed by atoms with Crippen molar-refractivity contribution in [3.05, 3.63) is 34.2 Å². The lowest BCUT2D eigenvalue weighted by Gasteiger charge is -2.42. The Morgan fingerprint density at radius 2 is 2.13 bits per heavy atom. The van der Waals surface area contributed by atoms with E-state index in [4.69, 9.17) is 4.74 Å². The van der Waals surface area contributed by atoms with Crippen LogP contribution in [0.15, 0.2) is 23.0 Å². The zero-order chi connectivity index (χ0) is 16.4. The van der Waals surface area contributed by atoms with Gasteiger partial charge in [0, 0.05) is 37.3 Å². The molecule has 124 valence electrons. The Balaban J connectivity index is 1.66. The summed E-state index contributed by atoms with van der Waals surface area (Å²) < 4.78 is 6.63. The molecule has 0 aliphatic carbocycles. The largest absolute Gasteiger partial charge is 0.465 e. The number of carbonyl (C=O) groups is 2. The molecule has 0 spiro atoms. The fourth-order valence-electron chi connectivity index (χ4n) is 3.53. The van der Waals surface area contributed by atoms with Crippen LogP contribution in [-0.2, 0) is 16.1 Å². The third kappa shape index (κ3) is 3.23. The average Bonchev–Trinajstić information content (AvgIpc) is 2.54. The van der Waals surface area contributed by atoms with Crippen molar-refractivity contribution >= 4 is 12.0 Å². The van der Waals surface area contributed by atoms with E-state index in [0.717, 1.165) is 12.1 Å². The molecule has 1 aromatic heterocycles. The first-order valence-corrected chi connectivity index (χ1v) is 7.96. The predicted octanol–water partition coefficient (Wildman–Crippen LogP) is 0.540. The zero-order valence-electron chi connectivity index (χ0n) is 13.2. The average molecular weight is 319 g/mol. The van der Waals surface area contributed by atoms with Crippen LogP contribution in [0.4, 0.5) is 4.79 Å². The van der Waals surface area contributed by atoms with E-state index in [1.165, 1.54) is 0 Å². The lowest BCUT2D eigenvalue weighted by Crippen LogP contribution is -2.52. The van der Waals surface area contributed by atoms with Gasteiger partial charge in [-0.25, -0.2) is 4.79 Å². The van der Waals surface area contributed by atoms with E-state index >= 15 is 0 Å². The number of urea groups is 1. The molecule has 3 rings (SSSR count). The van der Waals surface area contributed by atoms with Crippen LogP contribution in [0.2, 0.25) is 0 Å². The van der Waals surface area contributed by atoms with Crippen LogP contribution in [0, 0.1) is 5.92 Å².